The SMILES string of the molecule is CCN=c1scc(-c2cc(C)c(C)cc2C)n1/N=C\c1ccc(C)o1. The Hall–Kier alpha value is -2.40. The second-order valence-electron chi connectivity index (χ2n) is 6.13. The summed E-state index contributed by atoms with van der Waals surface area (Å²) in [5.41, 5.74) is 6.05. The minimum Gasteiger partial charge on any atom is -0.460 e. The van der Waals surface area contributed by atoms with Crippen molar-refractivity contribution >= 4 is 17.6 Å². The molecule has 0 aliphatic rings. The van der Waals surface area contributed by atoms with Crippen molar-refractivity contribution in [1.82, 2.24) is 4.68 Å². The van der Waals surface area contributed by atoms with Gasteiger partial charge in [0, 0.05) is 17.5 Å². The molecule has 0 aliphatic carbocycles. The summed E-state index contributed by atoms with van der Waals surface area (Å²) in [6.45, 7) is 11.1. The number of aryl methyl sites for hydroxylation is 4. The molecule has 0 bridgehead atoms. The Kier molecular flexibility index (Phi) is 5.04. The van der Waals surface area contributed by atoms with Crippen molar-refractivity contribution in [3.05, 3.63) is 62.7 Å². The molecule has 1 aromatic carbocycles. The van der Waals surface area contributed by atoms with E-state index in [-0.39, 0.29) is 0 Å². The first-order chi connectivity index (χ1) is 12.0. The third kappa shape index (κ3) is 3.66. The Balaban J connectivity index is 2.14. The van der Waals surface area contributed by atoms with Crippen LogP contribution in [0.4, 0.5) is 0 Å². The average Bonchev–Trinajstić information content (AvgIpc) is 3.16. The summed E-state index contributed by atoms with van der Waals surface area (Å²) in [7, 11) is 0. The Labute approximate surface area is 152 Å². The molecule has 2 aromatic heterocycles. The van der Waals surface area contributed by atoms with Gasteiger partial charge in [-0.1, -0.05) is 6.07 Å². The third-order valence-electron chi connectivity index (χ3n) is 4.16. The lowest BCUT2D eigenvalue weighted by molar-refractivity contribution is 0.527. The molecule has 0 spiro atoms. The van der Waals surface area contributed by atoms with Gasteiger partial charge in [0.1, 0.15) is 11.5 Å². The van der Waals surface area contributed by atoms with E-state index in [4.69, 9.17) is 4.42 Å². The predicted molar refractivity (Wildman–Crippen MR) is 104 cm³/mol. The predicted octanol–water partition coefficient (Wildman–Crippen LogP) is 4.85. The van der Waals surface area contributed by atoms with E-state index in [0.29, 0.717) is 0 Å². The highest BCUT2D eigenvalue weighted by Gasteiger charge is 2.11. The monoisotopic (exact) mass is 353 g/mol. The van der Waals surface area contributed by atoms with Gasteiger partial charge in [-0.3, -0.25) is 4.99 Å². The molecule has 0 aliphatic heterocycles. The van der Waals surface area contributed by atoms with Gasteiger partial charge in [0.2, 0.25) is 4.80 Å². The minimum atomic E-state index is 0.723. The number of hydrogen-bond donors (Lipinski definition) is 0. The van der Waals surface area contributed by atoms with Crippen LogP contribution in [0.3, 0.4) is 0 Å². The Morgan fingerprint density at radius 3 is 2.52 bits per heavy atom. The van der Waals surface area contributed by atoms with Crippen molar-refractivity contribution in [2.45, 2.75) is 34.6 Å². The van der Waals surface area contributed by atoms with Crippen molar-refractivity contribution in [2.75, 3.05) is 6.54 Å². The van der Waals surface area contributed by atoms with Gasteiger partial charge in [-0.05, 0) is 69.5 Å². The molecule has 0 fully saturated rings. The largest absolute Gasteiger partial charge is 0.460 e. The topological polar surface area (TPSA) is 42.8 Å². The van der Waals surface area contributed by atoms with Crippen LogP contribution in [-0.4, -0.2) is 17.4 Å². The van der Waals surface area contributed by atoms with Gasteiger partial charge in [0.25, 0.3) is 0 Å². The second kappa shape index (κ2) is 7.23. The van der Waals surface area contributed by atoms with Crippen LogP contribution in [0, 0.1) is 27.7 Å². The second-order valence-corrected chi connectivity index (χ2v) is 6.97. The van der Waals surface area contributed by atoms with Crippen LogP contribution in [-0.2, 0) is 0 Å². The van der Waals surface area contributed by atoms with Crippen molar-refractivity contribution in [3.8, 4) is 11.3 Å². The maximum absolute atomic E-state index is 5.60. The van der Waals surface area contributed by atoms with Crippen molar-refractivity contribution in [2.24, 2.45) is 10.1 Å². The highest BCUT2D eigenvalue weighted by molar-refractivity contribution is 7.07. The summed E-state index contributed by atoms with van der Waals surface area (Å²) in [4.78, 5) is 5.46. The molecule has 2 heterocycles. The first-order valence-electron chi connectivity index (χ1n) is 8.39. The normalized spacial score (nSPS) is 12.4. The van der Waals surface area contributed by atoms with Gasteiger partial charge in [-0.2, -0.15) is 5.10 Å². The van der Waals surface area contributed by atoms with E-state index < -0.39 is 0 Å². The molecule has 0 radical (unpaired) electrons. The summed E-state index contributed by atoms with van der Waals surface area (Å²) in [5.74, 6) is 1.61. The van der Waals surface area contributed by atoms with Crippen LogP contribution in [0.2, 0.25) is 0 Å². The maximum Gasteiger partial charge on any atom is 0.206 e. The smallest absolute Gasteiger partial charge is 0.206 e. The quantitative estimate of drug-likeness (QED) is 0.619. The average molecular weight is 353 g/mol. The van der Waals surface area contributed by atoms with E-state index in [0.717, 1.165) is 28.6 Å². The fourth-order valence-corrected chi connectivity index (χ4v) is 3.61. The Morgan fingerprint density at radius 1 is 1.08 bits per heavy atom. The van der Waals surface area contributed by atoms with Gasteiger partial charge in [0.05, 0.1) is 11.9 Å². The molecule has 0 saturated heterocycles. The van der Waals surface area contributed by atoms with E-state index in [9.17, 15) is 0 Å². The molecule has 0 amide bonds. The van der Waals surface area contributed by atoms with E-state index in [1.54, 1.807) is 17.6 Å². The molecular weight excluding hydrogens is 330 g/mol. The highest BCUT2D eigenvalue weighted by atomic mass is 32.1. The summed E-state index contributed by atoms with van der Waals surface area (Å²) in [6.07, 6.45) is 1.74. The fraction of sp³-hybridized carbons (Fsp3) is 0.300. The van der Waals surface area contributed by atoms with Gasteiger partial charge < -0.3 is 4.42 Å². The van der Waals surface area contributed by atoms with Gasteiger partial charge in [-0.25, -0.2) is 4.68 Å². The van der Waals surface area contributed by atoms with Gasteiger partial charge in [-0.15, -0.1) is 11.3 Å². The van der Waals surface area contributed by atoms with E-state index in [1.165, 1.54) is 22.3 Å². The summed E-state index contributed by atoms with van der Waals surface area (Å²) in [6, 6.07) is 8.31. The molecule has 0 atom stereocenters. The maximum atomic E-state index is 5.60. The highest BCUT2D eigenvalue weighted by Crippen LogP contribution is 2.27. The number of thiazole rings is 1. The van der Waals surface area contributed by atoms with Crippen LogP contribution in [0.5, 0.6) is 0 Å². The number of benzene rings is 1. The molecule has 0 unspecified atom stereocenters. The van der Waals surface area contributed by atoms with E-state index in [2.05, 4.69) is 48.4 Å². The molecule has 3 aromatic rings. The number of nitrogens with zero attached hydrogens (tertiary/aromatic N) is 3. The molecule has 3 rings (SSSR count). The summed E-state index contributed by atoms with van der Waals surface area (Å²) < 4.78 is 7.50. The fourth-order valence-electron chi connectivity index (χ4n) is 2.71. The van der Waals surface area contributed by atoms with Crippen LogP contribution in [0.25, 0.3) is 11.3 Å². The standard InChI is InChI=1S/C20H23N3OS/c1-6-21-20-23(22-11-17-8-7-16(5)24-17)19(12-25-20)18-10-14(3)13(2)9-15(18)4/h7-12H,6H2,1-5H3/b21-20?,22-11-. The zero-order valence-corrected chi connectivity index (χ0v) is 16.1. The first-order valence-corrected chi connectivity index (χ1v) is 9.27. The first kappa shape index (κ1) is 17.4. The third-order valence-corrected chi connectivity index (χ3v) is 5.01. The Bertz CT molecular complexity index is 989. The molecule has 4 nitrogen and oxygen atoms in total. The summed E-state index contributed by atoms with van der Waals surface area (Å²) >= 11 is 1.61. The number of rotatable bonds is 4. The van der Waals surface area contributed by atoms with Crippen molar-refractivity contribution in [3.63, 3.8) is 0 Å². The van der Waals surface area contributed by atoms with Crippen LogP contribution >= 0.6 is 11.3 Å². The number of aromatic nitrogens is 1. The number of hydrogen-bond acceptors (Lipinski definition) is 4. The van der Waals surface area contributed by atoms with Crippen molar-refractivity contribution in [1.29, 1.82) is 0 Å². The lowest BCUT2D eigenvalue weighted by Gasteiger charge is -2.10. The lowest BCUT2D eigenvalue weighted by atomic mass is 9.99. The zero-order valence-electron chi connectivity index (χ0n) is 15.3. The van der Waals surface area contributed by atoms with Gasteiger partial charge in [0.15, 0.2) is 0 Å². The van der Waals surface area contributed by atoms with Crippen molar-refractivity contribution < 1.29 is 4.42 Å². The van der Waals surface area contributed by atoms with Crippen LogP contribution in [0.1, 0.15) is 35.1 Å². The van der Waals surface area contributed by atoms with E-state index in [1.807, 2.05) is 30.7 Å². The summed E-state index contributed by atoms with van der Waals surface area (Å²) in [5, 5.41) is 6.77. The van der Waals surface area contributed by atoms with E-state index >= 15 is 0 Å². The van der Waals surface area contributed by atoms with Gasteiger partial charge >= 0.3 is 0 Å². The molecule has 0 saturated carbocycles. The van der Waals surface area contributed by atoms with Crippen LogP contribution in [0.15, 0.2) is 44.2 Å². The Morgan fingerprint density at radius 2 is 1.84 bits per heavy atom. The molecule has 0 N–H and O–H groups in total. The van der Waals surface area contributed by atoms with Crippen LogP contribution < -0.4 is 4.80 Å². The minimum absolute atomic E-state index is 0.723. The molecule has 5 heteroatoms. The number of furan rings is 1. The molecule has 130 valence electrons. The lowest BCUT2D eigenvalue weighted by Crippen LogP contribution is -2.12. The molecule has 25 heavy (non-hydrogen) atoms. The zero-order chi connectivity index (χ0) is 18.0. The molecular formula is C20H23N3OS.